The highest BCUT2D eigenvalue weighted by Gasteiger charge is 2.20. The van der Waals surface area contributed by atoms with E-state index in [9.17, 15) is 4.79 Å². The molecule has 1 aromatic heterocycles. The highest BCUT2D eigenvalue weighted by atomic mass is 16.1. The van der Waals surface area contributed by atoms with Crippen molar-refractivity contribution < 1.29 is 4.79 Å². The summed E-state index contributed by atoms with van der Waals surface area (Å²) in [4.78, 5) is 18.7. The van der Waals surface area contributed by atoms with Crippen molar-refractivity contribution in [3.8, 4) is 0 Å². The normalized spacial score (nSPS) is 13.8. The van der Waals surface area contributed by atoms with E-state index in [1.54, 1.807) is 0 Å². The number of aryl methyl sites for hydroxylation is 1. The predicted molar refractivity (Wildman–Crippen MR) is 101 cm³/mol. The van der Waals surface area contributed by atoms with Gasteiger partial charge in [0.15, 0.2) is 0 Å². The summed E-state index contributed by atoms with van der Waals surface area (Å²) in [5.41, 5.74) is 5.42. The third kappa shape index (κ3) is 2.86. The summed E-state index contributed by atoms with van der Waals surface area (Å²) < 4.78 is 2.31. The second-order valence-electron chi connectivity index (χ2n) is 6.49. The Bertz CT molecular complexity index is 944. The molecule has 0 atom stereocenters. The van der Waals surface area contributed by atoms with Gasteiger partial charge in [-0.05, 0) is 42.8 Å². The summed E-state index contributed by atoms with van der Waals surface area (Å²) in [7, 11) is 0. The van der Waals surface area contributed by atoms with Crippen molar-refractivity contribution in [2.24, 2.45) is 0 Å². The van der Waals surface area contributed by atoms with E-state index < -0.39 is 0 Å². The van der Waals surface area contributed by atoms with Gasteiger partial charge in [-0.25, -0.2) is 4.98 Å². The van der Waals surface area contributed by atoms with Gasteiger partial charge < -0.3 is 14.8 Å². The molecule has 1 aliphatic heterocycles. The molecule has 0 aliphatic carbocycles. The zero-order chi connectivity index (χ0) is 17.4. The van der Waals surface area contributed by atoms with Crippen molar-refractivity contribution in [2.45, 2.75) is 33.4 Å². The molecule has 0 saturated carbocycles. The van der Waals surface area contributed by atoms with Gasteiger partial charge in [-0.15, -0.1) is 0 Å². The molecule has 0 saturated heterocycles. The van der Waals surface area contributed by atoms with Crippen LogP contribution in [0.4, 0.5) is 11.4 Å². The van der Waals surface area contributed by atoms with E-state index in [2.05, 4.69) is 45.1 Å². The molecule has 2 aromatic carbocycles. The first-order chi connectivity index (χ1) is 12.2. The number of nitrogens with zero attached hydrogens (tertiary/aromatic N) is 3. The lowest BCUT2D eigenvalue weighted by Gasteiger charge is -2.30. The number of amides is 1. The van der Waals surface area contributed by atoms with Crippen LogP contribution in [-0.4, -0.2) is 22.0 Å². The molecule has 0 unspecified atom stereocenters. The Labute approximate surface area is 147 Å². The number of rotatable bonds is 3. The number of imidazole rings is 1. The average molecular weight is 334 g/mol. The molecule has 1 N–H and O–H groups in total. The summed E-state index contributed by atoms with van der Waals surface area (Å²) in [6.45, 7) is 6.58. The molecule has 3 aromatic rings. The zero-order valence-electron chi connectivity index (χ0n) is 14.6. The molecule has 4 rings (SSSR count). The minimum absolute atomic E-state index is 0.0440. The Kier molecular flexibility index (Phi) is 3.92. The van der Waals surface area contributed by atoms with Gasteiger partial charge in [-0.3, -0.25) is 4.79 Å². The smallest absolute Gasteiger partial charge is 0.224 e. The summed E-state index contributed by atoms with van der Waals surface area (Å²) >= 11 is 0. The van der Waals surface area contributed by atoms with Gasteiger partial charge in [0.25, 0.3) is 0 Å². The molecule has 1 aliphatic rings. The van der Waals surface area contributed by atoms with Crippen LogP contribution in [0, 0.1) is 6.92 Å². The van der Waals surface area contributed by atoms with Crippen molar-refractivity contribution in [3.05, 3.63) is 53.9 Å². The van der Waals surface area contributed by atoms with E-state index in [1.165, 1.54) is 11.2 Å². The van der Waals surface area contributed by atoms with Crippen LogP contribution in [0.15, 0.2) is 42.5 Å². The maximum Gasteiger partial charge on any atom is 0.224 e. The first-order valence-corrected chi connectivity index (χ1v) is 8.75. The molecule has 2 heterocycles. The second kappa shape index (κ2) is 6.24. The minimum atomic E-state index is 0.0440. The lowest BCUT2D eigenvalue weighted by Crippen LogP contribution is -2.33. The molecule has 0 fully saturated rings. The first-order valence-electron chi connectivity index (χ1n) is 8.75. The van der Waals surface area contributed by atoms with Crippen LogP contribution < -0.4 is 10.2 Å². The molecule has 5 heteroatoms. The number of carbonyl (C=O) groups is 1. The topological polar surface area (TPSA) is 50.2 Å². The fourth-order valence-electron chi connectivity index (χ4n) is 3.41. The molecule has 1 amide bonds. The van der Waals surface area contributed by atoms with Gasteiger partial charge in [0.2, 0.25) is 5.91 Å². The van der Waals surface area contributed by atoms with E-state index in [1.807, 2.05) is 26.0 Å². The minimum Gasteiger partial charge on any atom is -0.362 e. The van der Waals surface area contributed by atoms with Crippen molar-refractivity contribution in [1.82, 2.24) is 9.55 Å². The van der Waals surface area contributed by atoms with E-state index in [-0.39, 0.29) is 5.91 Å². The molecular formula is C20H22N4O. The van der Waals surface area contributed by atoms with Crippen molar-refractivity contribution in [2.75, 3.05) is 16.8 Å². The molecule has 128 valence electrons. The van der Waals surface area contributed by atoms with Crippen molar-refractivity contribution in [3.63, 3.8) is 0 Å². The van der Waals surface area contributed by atoms with Crippen LogP contribution in [0.25, 0.3) is 11.0 Å². The maximum absolute atomic E-state index is 11.6. The molecule has 0 radical (unpaired) electrons. The molecule has 0 bridgehead atoms. The van der Waals surface area contributed by atoms with Gasteiger partial charge >= 0.3 is 0 Å². The van der Waals surface area contributed by atoms with Gasteiger partial charge in [0, 0.05) is 30.9 Å². The van der Waals surface area contributed by atoms with Crippen LogP contribution >= 0.6 is 0 Å². The second-order valence-corrected chi connectivity index (χ2v) is 6.49. The Morgan fingerprint density at radius 1 is 1.20 bits per heavy atom. The number of fused-ring (bicyclic) bond motifs is 3. The third-order valence-corrected chi connectivity index (χ3v) is 4.83. The van der Waals surface area contributed by atoms with Crippen LogP contribution in [0.2, 0.25) is 0 Å². The number of anilines is 2. The Morgan fingerprint density at radius 2 is 2.04 bits per heavy atom. The summed E-state index contributed by atoms with van der Waals surface area (Å²) in [6.07, 6.45) is 0.490. The lowest BCUT2D eigenvalue weighted by atomic mass is 10.1. The summed E-state index contributed by atoms with van der Waals surface area (Å²) in [5.74, 6) is 1.15. The Balaban J connectivity index is 1.59. The van der Waals surface area contributed by atoms with E-state index >= 15 is 0 Å². The highest BCUT2D eigenvalue weighted by Crippen LogP contribution is 2.27. The number of carbonyl (C=O) groups excluding carboxylic acids is 1. The molecular weight excluding hydrogens is 312 g/mol. The van der Waals surface area contributed by atoms with E-state index in [4.69, 9.17) is 4.98 Å². The van der Waals surface area contributed by atoms with Crippen LogP contribution in [0.1, 0.15) is 24.7 Å². The quantitative estimate of drug-likeness (QED) is 0.794. The Morgan fingerprint density at radius 3 is 2.84 bits per heavy atom. The number of hydrogen-bond donors (Lipinski definition) is 1. The fraction of sp³-hybridized carbons (Fsp3) is 0.300. The van der Waals surface area contributed by atoms with Gasteiger partial charge in [-0.2, -0.15) is 0 Å². The van der Waals surface area contributed by atoms with Crippen LogP contribution in [-0.2, 0) is 17.9 Å². The monoisotopic (exact) mass is 334 g/mol. The predicted octanol–water partition coefficient (Wildman–Crippen LogP) is 3.71. The van der Waals surface area contributed by atoms with Crippen LogP contribution in [0.5, 0.6) is 0 Å². The standard InChI is InChI=1S/C20H22N4O/c1-3-20(25)22-16-9-8-15(12-14(16)2)23-10-11-24-18-7-5-4-6-17(18)21-19(24)13-23/h4-9,12H,3,10-11,13H2,1-2H3,(H,22,25). The van der Waals surface area contributed by atoms with E-state index in [0.29, 0.717) is 6.42 Å². The number of aromatic nitrogens is 2. The van der Waals surface area contributed by atoms with Crippen LogP contribution in [0.3, 0.4) is 0 Å². The SMILES string of the molecule is CCC(=O)Nc1ccc(N2CCn3c(nc4ccccc43)C2)cc1C. The molecule has 25 heavy (non-hydrogen) atoms. The Hall–Kier alpha value is -2.82. The number of benzene rings is 2. The average Bonchev–Trinajstić information content (AvgIpc) is 3.01. The zero-order valence-corrected chi connectivity index (χ0v) is 14.6. The molecule has 5 nitrogen and oxygen atoms in total. The first kappa shape index (κ1) is 15.7. The highest BCUT2D eigenvalue weighted by molar-refractivity contribution is 5.91. The maximum atomic E-state index is 11.6. The number of nitrogens with one attached hydrogen (secondary N) is 1. The fourth-order valence-corrected chi connectivity index (χ4v) is 3.41. The van der Waals surface area contributed by atoms with Gasteiger partial charge in [-0.1, -0.05) is 19.1 Å². The number of para-hydroxylation sites is 2. The third-order valence-electron chi connectivity index (χ3n) is 4.83. The van der Waals surface area contributed by atoms with Gasteiger partial charge in [0.1, 0.15) is 5.82 Å². The van der Waals surface area contributed by atoms with E-state index in [0.717, 1.165) is 42.2 Å². The van der Waals surface area contributed by atoms with Gasteiger partial charge in [0.05, 0.1) is 17.6 Å². The molecule has 0 spiro atoms. The lowest BCUT2D eigenvalue weighted by molar-refractivity contribution is -0.115. The van der Waals surface area contributed by atoms with Crippen molar-refractivity contribution in [1.29, 1.82) is 0 Å². The summed E-state index contributed by atoms with van der Waals surface area (Å²) in [5, 5.41) is 2.95. The van der Waals surface area contributed by atoms with Crippen molar-refractivity contribution >= 4 is 28.3 Å². The number of hydrogen-bond acceptors (Lipinski definition) is 3. The largest absolute Gasteiger partial charge is 0.362 e. The summed E-state index contributed by atoms with van der Waals surface area (Å²) in [6, 6.07) is 14.5.